The summed E-state index contributed by atoms with van der Waals surface area (Å²) in [6, 6.07) is 1.67. The van der Waals surface area contributed by atoms with Crippen LogP contribution in [0.3, 0.4) is 0 Å². The Hall–Kier alpha value is -1.98. The highest BCUT2D eigenvalue weighted by Gasteiger charge is 2.43. The summed E-state index contributed by atoms with van der Waals surface area (Å²) in [7, 11) is 1.76. The van der Waals surface area contributed by atoms with Gasteiger partial charge in [-0.25, -0.2) is 0 Å². The molecule has 1 aliphatic rings. The SMILES string of the molecule is CCn1cc(N)cc1C(=O)N1CCN(C)C(=O)C1(C)C. The van der Waals surface area contributed by atoms with Crippen molar-refractivity contribution in [3.8, 4) is 0 Å². The molecule has 0 bridgehead atoms. The average molecular weight is 278 g/mol. The smallest absolute Gasteiger partial charge is 0.271 e. The van der Waals surface area contributed by atoms with Crippen molar-refractivity contribution >= 4 is 17.5 Å². The molecule has 0 saturated carbocycles. The Labute approximate surface area is 119 Å². The van der Waals surface area contributed by atoms with Crippen LogP contribution in [0.4, 0.5) is 5.69 Å². The average Bonchev–Trinajstić information content (AvgIpc) is 2.77. The number of anilines is 1. The second-order valence-electron chi connectivity index (χ2n) is 5.69. The van der Waals surface area contributed by atoms with Crippen LogP contribution in [0.5, 0.6) is 0 Å². The van der Waals surface area contributed by atoms with Gasteiger partial charge in [-0.15, -0.1) is 0 Å². The summed E-state index contributed by atoms with van der Waals surface area (Å²) in [6.07, 6.45) is 1.75. The normalized spacial score (nSPS) is 18.5. The van der Waals surface area contributed by atoms with Gasteiger partial charge in [-0.3, -0.25) is 9.59 Å². The largest absolute Gasteiger partial charge is 0.397 e. The topological polar surface area (TPSA) is 71.6 Å². The van der Waals surface area contributed by atoms with Gasteiger partial charge in [-0.2, -0.15) is 0 Å². The molecule has 6 nitrogen and oxygen atoms in total. The first-order valence-electron chi connectivity index (χ1n) is 6.82. The van der Waals surface area contributed by atoms with Gasteiger partial charge in [0.05, 0.1) is 5.69 Å². The number of rotatable bonds is 2. The fourth-order valence-corrected chi connectivity index (χ4v) is 2.68. The van der Waals surface area contributed by atoms with E-state index in [9.17, 15) is 9.59 Å². The van der Waals surface area contributed by atoms with Crippen molar-refractivity contribution in [2.75, 3.05) is 25.9 Å². The first-order chi connectivity index (χ1) is 9.28. The number of hydrogen-bond donors (Lipinski definition) is 1. The molecular weight excluding hydrogens is 256 g/mol. The van der Waals surface area contributed by atoms with Crippen molar-refractivity contribution in [1.29, 1.82) is 0 Å². The minimum atomic E-state index is -0.832. The Bertz CT molecular complexity index is 547. The highest BCUT2D eigenvalue weighted by molar-refractivity contribution is 5.99. The number of piperazine rings is 1. The number of hydrogen-bond acceptors (Lipinski definition) is 3. The first-order valence-corrected chi connectivity index (χ1v) is 6.82. The molecule has 1 saturated heterocycles. The van der Waals surface area contributed by atoms with Gasteiger partial charge in [0.2, 0.25) is 5.91 Å². The van der Waals surface area contributed by atoms with Crippen molar-refractivity contribution in [2.24, 2.45) is 0 Å². The van der Waals surface area contributed by atoms with Crippen LogP contribution in [0.2, 0.25) is 0 Å². The van der Waals surface area contributed by atoms with Crippen LogP contribution in [0.25, 0.3) is 0 Å². The van der Waals surface area contributed by atoms with Crippen molar-refractivity contribution in [3.05, 3.63) is 18.0 Å². The molecular formula is C14H22N4O2. The minimum absolute atomic E-state index is 0.0420. The van der Waals surface area contributed by atoms with Crippen LogP contribution in [0.1, 0.15) is 31.3 Å². The second kappa shape index (κ2) is 4.85. The molecule has 0 unspecified atom stereocenters. The Balaban J connectivity index is 2.35. The molecule has 2 amide bonds. The Kier molecular flexibility index (Phi) is 3.50. The van der Waals surface area contributed by atoms with Gasteiger partial charge < -0.3 is 20.1 Å². The zero-order valence-electron chi connectivity index (χ0n) is 12.5. The van der Waals surface area contributed by atoms with Gasteiger partial charge in [-0.05, 0) is 26.8 Å². The molecule has 1 aromatic rings. The van der Waals surface area contributed by atoms with Crippen molar-refractivity contribution in [2.45, 2.75) is 32.9 Å². The van der Waals surface area contributed by atoms with E-state index in [1.54, 1.807) is 43.0 Å². The van der Waals surface area contributed by atoms with Crippen LogP contribution in [0, 0.1) is 0 Å². The molecule has 2 heterocycles. The fraction of sp³-hybridized carbons (Fsp3) is 0.571. The molecule has 0 aliphatic carbocycles. The lowest BCUT2D eigenvalue weighted by Gasteiger charge is -2.44. The molecule has 0 aromatic carbocycles. The molecule has 2 N–H and O–H groups in total. The summed E-state index contributed by atoms with van der Waals surface area (Å²) < 4.78 is 1.82. The zero-order chi connectivity index (χ0) is 15.1. The Morgan fingerprint density at radius 2 is 2.05 bits per heavy atom. The summed E-state index contributed by atoms with van der Waals surface area (Å²) in [5.74, 6) is -0.185. The molecule has 110 valence electrons. The van der Waals surface area contributed by atoms with Crippen LogP contribution in [-0.2, 0) is 11.3 Å². The summed E-state index contributed by atoms with van der Waals surface area (Å²) in [5, 5.41) is 0. The fourth-order valence-electron chi connectivity index (χ4n) is 2.68. The molecule has 2 rings (SSSR count). The summed E-state index contributed by atoms with van der Waals surface area (Å²) in [4.78, 5) is 28.3. The van der Waals surface area contributed by atoms with E-state index >= 15 is 0 Å². The summed E-state index contributed by atoms with van der Waals surface area (Å²) in [5.41, 5.74) is 6.04. The van der Waals surface area contributed by atoms with E-state index in [0.717, 1.165) is 0 Å². The molecule has 6 heteroatoms. The van der Waals surface area contributed by atoms with Crippen LogP contribution >= 0.6 is 0 Å². The third kappa shape index (κ3) is 2.15. The number of nitrogens with zero attached hydrogens (tertiary/aromatic N) is 3. The lowest BCUT2D eigenvalue weighted by molar-refractivity contribution is -0.144. The third-order valence-electron chi connectivity index (χ3n) is 3.93. The van der Waals surface area contributed by atoms with Gasteiger partial charge in [-0.1, -0.05) is 0 Å². The summed E-state index contributed by atoms with van der Waals surface area (Å²) in [6.45, 7) is 7.27. The number of nitrogens with two attached hydrogens (primary N) is 1. The van der Waals surface area contributed by atoms with Gasteiger partial charge in [0.1, 0.15) is 11.2 Å². The second-order valence-corrected chi connectivity index (χ2v) is 5.69. The molecule has 0 radical (unpaired) electrons. The maximum absolute atomic E-state index is 12.7. The number of aromatic nitrogens is 1. The van der Waals surface area contributed by atoms with Crippen LogP contribution in [0.15, 0.2) is 12.3 Å². The number of nitrogen functional groups attached to an aromatic ring is 1. The van der Waals surface area contributed by atoms with Gasteiger partial charge in [0.25, 0.3) is 5.91 Å². The third-order valence-corrected chi connectivity index (χ3v) is 3.93. The molecule has 20 heavy (non-hydrogen) atoms. The summed E-state index contributed by atoms with van der Waals surface area (Å²) >= 11 is 0. The van der Waals surface area contributed by atoms with Crippen molar-refractivity contribution in [3.63, 3.8) is 0 Å². The van der Waals surface area contributed by atoms with E-state index in [2.05, 4.69) is 0 Å². The van der Waals surface area contributed by atoms with Gasteiger partial charge in [0.15, 0.2) is 0 Å². The highest BCUT2D eigenvalue weighted by Crippen LogP contribution is 2.25. The highest BCUT2D eigenvalue weighted by atomic mass is 16.2. The maximum Gasteiger partial charge on any atom is 0.271 e. The monoisotopic (exact) mass is 278 g/mol. The Morgan fingerprint density at radius 1 is 1.40 bits per heavy atom. The van der Waals surface area contributed by atoms with Crippen molar-refractivity contribution in [1.82, 2.24) is 14.4 Å². The predicted molar refractivity (Wildman–Crippen MR) is 77.3 cm³/mol. The lowest BCUT2D eigenvalue weighted by atomic mass is 9.97. The zero-order valence-corrected chi connectivity index (χ0v) is 12.5. The molecule has 0 spiro atoms. The van der Waals surface area contributed by atoms with Crippen LogP contribution < -0.4 is 5.73 Å². The van der Waals surface area contributed by atoms with E-state index in [4.69, 9.17) is 5.73 Å². The molecule has 1 fully saturated rings. The minimum Gasteiger partial charge on any atom is -0.397 e. The van der Waals surface area contributed by atoms with Gasteiger partial charge in [0, 0.05) is 32.9 Å². The first kappa shape index (κ1) is 14.4. The van der Waals surface area contributed by atoms with Crippen LogP contribution in [-0.4, -0.2) is 51.9 Å². The molecule has 1 aliphatic heterocycles. The Morgan fingerprint density at radius 3 is 2.65 bits per heavy atom. The molecule has 1 aromatic heterocycles. The van der Waals surface area contributed by atoms with E-state index < -0.39 is 5.54 Å². The van der Waals surface area contributed by atoms with E-state index in [1.165, 1.54) is 0 Å². The number of aryl methyl sites for hydroxylation is 1. The van der Waals surface area contributed by atoms with Gasteiger partial charge >= 0.3 is 0 Å². The molecule has 0 atom stereocenters. The van der Waals surface area contributed by atoms with E-state index in [1.807, 2.05) is 11.5 Å². The lowest BCUT2D eigenvalue weighted by Crippen LogP contribution is -2.63. The number of amides is 2. The predicted octanol–water partition coefficient (Wildman–Crippen LogP) is 0.783. The quantitative estimate of drug-likeness (QED) is 0.869. The standard InChI is InChI=1S/C14H22N4O2/c1-5-17-9-10(15)8-11(17)12(19)18-7-6-16(4)13(20)14(18,2)3/h8-9H,5-7,15H2,1-4H3. The number of carbonyl (C=O) groups excluding carboxylic acids is 2. The van der Waals surface area contributed by atoms with E-state index in [0.29, 0.717) is 31.0 Å². The number of carbonyl (C=O) groups is 2. The van der Waals surface area contributed by atoms with Crippen molar-refractivity contribution < 1.29 is 9.59 Å². The maximum atomic E-state index is 12.7. The number of likely N-dealkylation sites (N-methyl/N-ethyl adjacent to an activating group) is 1. The van der Waals surface area contributed by atoms with E-state index in [-0.39, 0.29) is 11.8 Å².